The van der Waals surface area contributed by atoms with Crippen LogP contribution in [-0.4, -0.2) is 8.42 Å². The van der Waals surface area contributed by atoms with Crippen molar-refractivity contribution in [1.29, 1.82) is 0 Å². The number of anilines is 1. The Morgan fingerprint density at radius 3 is 2.43 bits per heavy atom. The number of halogens is 3. The van der Waals surface area contributed by atoms with Gasteiger partial charge in [0, 0.05) is 11.4 Å². The number of thiophene rings is 1. The Morgan fingerprint density at radius 1 is 1.19 bits per heavy atom. The zero-order chi connectivity index (χ0) is 15.8. The molecule has 0 bridgehead atoms. The monoisotopic (exact) mass is 384 g/mol. The van der Waals surface area contributed by atoms with Crippen molar-refractivity contribution in [2.75, 3.05) is 4.72 Å². The molecule has 0 saturated heterocycles. The van der Waals surface area contributed by atoms with E-state index < -0.39 is 10.0 Å². The van der Waals surface area contributed by atoms with Crippen LogP contribution in [0.5, 0.6) is 0 Å². The molecule has 0 atom stereocenters. The van der Waals surface area contributed by atoms with Crippen molar-refractivity contribution in [2.45, 2.75) is 18.4 Å². The maximum atomic E-state index is 12.5. The zero-order valence-electron chi connectivity index (χ0n) is 10.8. The molecule has 0 aliphatic rings. The number of sulfonamides is 1. The maximum absolute atomic E-state index is 12.5. The fourth-order valence-corrected chi connectivity index (χ4v) is 5.21. The van der Waals surface area contributed by atoms with Crippen molar-refractivity contribution in [2.24, 2.45) is 5.73 Å². The summed E-state index contributed by atoms with van der Waals surface area (Å²) in [6, 6.07) is 2.75. The summed E-state index contributed by atoms with van der Waals surface area (Å²) in [7, 11) is -3.80. The Bertz CT molecular complexity index is 788. The molecule has 1 aromatic carbocycles. The summed E-state index contributed by atoms with van der Waals surface area (Å²) >= 11 is 19.0. The lowest BCUT2D eigenvalue weighted by Crippen LogP contribution is -2.16. The van der Waals surface area contributed by atoms with Crippen molar-refractivity contribution in [3.8, 4) is 0 Å². The first-order valence-corrected chi connectivity index (χ1v) is 9.20. The van der Waals surface area contributed by atoms with E-state index in [4.69, 9.17) is 40.5 Å². The highest BCUT2D eigenvalue weighted by Gasteiger charge is 2.23. The van der Waals surface area contributed by atoms with E-state index in [1.54, 1.807) is 12.3 Å². The van der Waals surface area contributed by atoms with Crippen molar-refractivity contribution >= 4 is 61.9 Å². The number of nitrogens with one attached hydrogen (secondary N) is 1. The van der Waals surface area contributed by atoms with Crippen molar-refractivity contribution in [1.82, 2.24) is 0 Å². The number of hydrogen-bond acceptors (Lipinski definition) is 4. The predicted octanol–water partition coefficient (Wildman–Crippen LogP) is 4.28. The average Bonchev–Trinajstić information content (AvgIpc) is 2.77. The maximum Gasteiger partial charge on any atom is 0.263 e. The Hall–Kier alpha value is -0.500. The number of rotatable bonds is 4. The van der Waals surface area contributed by atoms with E-state index in [0.29, 0.717) is 10.4 Å². The standard InChI is InChI=1S/C12H11Cl3N2O2S2/c1-6-5-20-11(4-16)12(6)21(18,19)17-10-3-8(14)7(13)2-9(10)15/h2-3,5,17H,4,16H2,1H3. The molecule has 0 fully saturated rings. The molecule has 0 spiro atoms. The van der Waals surface area contributed by atoms with Crippen LogP contribution in [0.4, 0.5) is 5.69 Å². The minimum absolute atomic E-state index is 0.143. The lowest BCUT2D eigenvalue weighted by Gasteiger charge is -2.12. The second-order valence-corrected chi connectivity index (χ2v) is 8.03. The number of aryl methyl sites for hydroxylation is 1. The summed E-state index contributed by atoms with van der Waals surface area (Å²) in [5.41, 5.74) is 6.38. The molecule has 1 heterocycles. The fraction of sp³-hybridized carbons (Fsp3) is 0.167. The topological polar surface area (TPSA) is 72.2 Å². The predicted molar refractivity (Wildman–Crippen MR) is 89.2 cm³/mol. The molecule has 2 aromatic rings. The normalized spacial score (nSPS) is 11.7. The summed E-state index contributed by atoms with van der Waals surface area (Å²) < 4.78 is 27.5. The van der Waals surface area contributed by atoms with Crippen LogP contribution in [0.1, 0.15) is 10.4 Å². The third kappa shape index (κ3) is 3.47. The van der Waals surface area contributed by atoms with Gasteiger partial charge in [-0.05, 0) is 30.0 Å². The van der Waals surface area contributed by atoms with E-state index in [0.717, 1.165) is 0 Å². The molecule has 0 unspecified atom stereocenters. The summed E-state index contributed by atoms with van der Waals surface area (Å²) in [4.78, 5) is 0.758. The highest BCUT2D eigenvalue weighted by Crippen LogP contribution is 2.35. The molecule has 2 rings (SSSR count). The van der Waals surface area contributed by atoms with Gasteiger partial charge in [0.2, 0.25) is 0 Å². The van der Waals surface area contributed by atoms with Gasteiger partial charge in [-0.2, -0.15) is 0 Å². The summed E-state index contributed by atoms with van der Waals surface area (Å²) in [5, 5.41) is 2.36. The van der Waals surface area contributed by atoms with E-state index in [1.807, 2.05) is 0 Å². The second-order valence-electron chi connectivity index (χ2n) is 4.23. The molecule has 0 saturated carbocycles. The Balaban J connectivity index is 2.47. The van der Waals surface area contributed by atoms with E-state index in [9.17, 15) is 8.42 Å². The van der Waals surface area contributed by atoms with Crippen LogP contribution in [-0.2, 0) is 16.6 Å². The van der Waals surface area contributed by atoms with Gasteiger partial charge in [-0.25, -0.2) is 8.42 Å². The highest BCUT2D eigenvalue weighted by molar-refractivity contribution is 7.93. The molecule has 0 aliphatic carbocycles. The van der Waals surface area contributed by atoms with E-state index in [2.05, 4.69) is 4.72 Å². The first-order valence-electron chi connectivity index (χ1n) is 5.70. The lowest BCUT2D eigenvalue weighted by atomic mass is 10.3. The van der Waals surface area contributed by atoms with Crippen LogP contribution < -0.4 is 10.5 Å². The summed E-state index contributed by atoms with van der Waals surface area (Å²) in [6.07, 6.45) is 0. The molecule has 4 nitrogen and oxygen atoms in total. The van der Waals surface area contributed by atoms with Crippen LogP contribution in [0, 0.1) is 6.92 Å². The molecule has 114 valence electrons. The molecule has 1 aromatic heterocycles. The van der Waals surface area contributed by atoms with Crippen LogP contribution in [0.3, 0.4) is 0 Å². The molecule has 21 heavy (non-hydrogen) atoms. The quantitative estimate of drug-likeness (QED) is 0.772. The minimum atomic E-state index is -3.80. The average molecular weight is 386 g/mol. The van der Waals surface area contributed by atoms with Crippen molar-refractivity contribution < 1.29 is 8.42 Å². The van der Waals surface area contributed by atoms with E-state index in [1.165, 1.54) is 23.5 Å². The molecule has 3 N–H and O–H groups in total. The molecular formula is C12H11Cl3N2O2S2. The smallest absolute Gasteiger partial charge is 0.263 e. The van der Waals surface area contributed by atoms with Gasteiger partial charge >= 0.3 is 0 Å². The first-order chi connectivity index (χ1) is 9.76. The lowest BCUT2D eigenvalue weighted by molar-refractivity contribution is 0.600. The number of nitrogens with two attached hydrogens (primary N) is 1. The fourth-order valence-electron chi connectivity index (χ4n) is 1.79. The Kier molecular flexibility index (Phi) is 5.07. The van der Waals surface area contributed by atoms with Crippen molar-refractivity contribution in [3.05, 3.63) is 43.0 Å². The van der Waals surface area contributed by atoms with Gasteiger partial charge in [0.15, 0.2) is 0 Å². The van der Waals surface area contributed by atoms with Gasteiger partial charge in [0.25, 0.3) is 10.0 Å². The SMILES string of the molecule is Cc1csc(CN)c1S(=O)(=O)Nc1cc(Cl)c(Cl)cc1Cl. The number of benzene rings is 1. The molecule has 0 radical (unpaired) electrons. The zero-order valence-corrected chi connectivity index (χ0v) is 14.7. The van der Waals surface area contributed by atoms with Gasteiger partial charge in [-0.1, -0.05) is 34.8 Å². The third-order valence-electron chi connectivity index (χ3n) is 2.70. The van der Waals surface area contributed by atoms with Crippen LogP contribution in [0.25, 0.3) is 0 Å². The minimum Gasteiger partial charge on any atom is -0.326 e. The van der Waals surface area contributed by atoms with Crippen molar-refractivity contribution in [3.63, 3.8) is 0 Å². The third-order valence-corrected chi connectivity index (χ3v) is 6.58. The van der Waals surface area contributed by atoms with Crippen LogP contribution in [0.15, 0.2) is 22.4 Å². The number of hydrogen-bond donors (Lipinski definition) is 2. The van der Waals surface area contributed by atoms with Crippen LogP contribution >= 0.6 is 46.1 Å². The largest absolute Gasteiger partial charge is 0.326 e. The van der Waals surface area contributed by atoms with Gasteiger partial charge < -0.3 is 5.73 Å². The highest BCUT2D eigenvalue weighted by atomic mass is 35.5. The first kappa shape index (κ1) is 16.9. The molecule has 0 aliphatic heterocycles. The van der Waals surface area contributed by atoms with E-state index >= 15 is 0 Å². The molecular weight excluding hydrogens is 375 g/mol. The Labute approximate surface area is 141 Å². The Morgan fingerprint density at radius 2 is 1.81 bits per heavy atom. The molecule has 0 amide bonds. The van der Waals surface area contributed by atoms with Crippen LogP contribution in [0.2, 0.25) is 15.1 Å². The van der Waals surface area contributed by atoms with Gasteiger partial charge in [0.1, 0.15) is 4.90 Å². The van der Waals surface area contributed by atoms with Gasteiger partial charge in [-0.15, -0.1) is 11.3 Å². The van der Waals surface area contributed by atoms with Gasteiger partial charge in [0.05, 0.1) is 20.8 Å². The summed E-state index contributed by atoms with van der Waals surface area (Å²) in [5.74, 6) is 0. The van der Waals surface area contributed by atoms with Gasteiger partial charge in [-0.3, -0.25) is 4.72 Å². The molecule has 9 heteroatoms. The van der Waals surface area contributed by atoms with E-state index in [-0.39, 0.29) is 32.2 Å². The summed E-state index contributed by atoms with van der Waals surface area (Å²) in [6.45, 7) is 1.85. The second kappa shape index (κ2) is 6.32.